The summed E-state index contributed by atoms with van der Waals surface area (Å²) in [6.45, 7) is 6.13. The Hall–Kier alpha value is -3.48. The van der Waals surface area contributed by atoms with Crippen molar-refractivity contribution in [2.24, 2.45) is 0 Å². The van der Waals surface area contributed by atoms with Crippen molar-refractivity contribution < 1.29 is 24.5 Å². The standard InChI is InChI=1S/C51H83NO5/c1-4-7-10-13-16-19-22-25-27-30-33-36-39-42-47(57-51(56)44-41-38-35-32-29-26-23-20-17-14-11-8-5-2)45-50(55)52-48(46-53)49(54)43-40-37-34-31-28-24-21-18-15-12-9-6-3/h7-8,10-11,13-14,16-17,19-20,22-23,25-27,29-30,33,47-49,53-54H,4-6,9,12,15,18,21,24,28,31-32,34-46H2,1-3H3,(H,52,55)/b10-7+,11-8+,16-13+,17-14+,22-19-,23-20-,27-25-,29-26-,33-30+. The van der Waals surface area contributed by atoms with Gasteiger partial charge in [-0.1, -0.05) is 214 Å². The van der Waals surface area contributed by atoms with Crippen LogP contribution in [0, 0.1) is 0 Å². The molecule has 0 fully saturated rings. The molecule has 0 aliphatic heterocycles. The molecule has 0 aromatic carbocycles. The maximum Gasteiger partial charge on any atom is 0.306 e. The lowest BCUT2D eigenvalue weighted by Crippen LogP contribution is -2.46. The van der Waals surface area contributed by atoms with Crippen molar-refractivity contribution in [2.75, 3.05) is 6.61 Å². The van der Waals surface area contributed by atoms with Crippen LogP contribution in [-0.2, 0) is 14.3 Å². The SMILES string of the molecule is CC/C=C/C=C/C=C\C=C/C=C/CCCC(CC(=O)NC(CO)C(O)CCCCCCCCCCCCCC)OC(=O)CCCCC\C=C/C=C\C=C\C=C\CC. The number of hydrogen-bond donors (Lipinski definition) is 3. The molecule has 0 heterocycles. The number of carbonyl (C=O) groups is 2. The van der Waals surface area contributed by atoms with E-state index in [9.17, 15) is 19.8 Å². The zero-order valence-electron chi connectivity index (χ0n) is 36.4. The lowest BCUT2D eigenvalue weighted by Gasteiger charge is -2.24. The summed E-state index contributed by atoms with van der Waals surface area (Å²) in [5.41, 5.74) is 0. The van der Waals surface area contributed by atoms with Gasteiger partial charge in [-0.15, -0.1) is 0 Å². The van der Waals surface area contributed by atoms with Crippen LogP contribution in [0.4, 0.5) is 0 Å². The van der Waals surface area contributed by atoms with Crippen molar-refractivity contribution in [2.45, 2.75) is 193 Å². The Morgan fingerprint density at radius 1 is 0.526 bits per heavy atom. The molecule has 322 valence electrons. The third kappa shape index (κ3) is 39.1. The van der Waals surface area contributed by atoms with E-state index in [0.717, 1.165) is 70.6 Å². The Balaban J connectivity index is 4.82. The topological polar surface area (TPSA) is 95.9 Å². The van der Waals surface area contributed by atoms with Gasteiger partial charge in [-0.2, -0.15) is 0 Å². The van der Waals surface area contributed by atoms with Gasteiger partial charge in [-0.3, -0.25) is 9.59 Å². The molecule has 0 aromatic rings. The maximum atomic E-state index is 13.1. The number of aliphatic hydroxyl groups excluding tert-OH is 2. The maximum absolute atomic E-state index is 13.1. The Bertz CT molecular complexity index is 1200. The largest absolute Gasteiger partial charge is 0.462 e. The van der Waals surface area contributed by atoms with E-state index in [-0.39, 0.29) is 24.9 Å². The van der Waals surface area contributed by atoms with Gasteiger partial charge in [-0.05, 0) is 57.8 Å². The molecule has 0 aromatic heterocycles. The number of nitrogens with one attached hydrogen (secondary N) is 1. The van der Waals surface area contributed by atoms with Gasteiger partial charge in [0.25, 0.3) is 0 Å². The summed E-state index contributed by atoms with van der Waals surface area (Å²) < 4.78 is 5.84. The van der Waals surface area contributed by atoms with Crippen molar-refractivity contribution in [3.8, 4) is 0 Å². The van der Waals surface area contributed by atoms with Crippen molar-refractivity contribution in [1.82, 2.24) is 5.32 Å². The highest BCUT2D eigenvalue weighted by Gasteiger charge is 2.23. The predicted octanol–water partition coefficient (Wildman–Crippen LogP) is 13.2. The van der Waals surface area contributed by atoms with Crippen molar-refractivity contribution in [3.63, 3.8) is 0 Å². The van der Waals surface area contributed by atoms with Crippen LogP contribution in [0.3, 0.4) is 0 Å². The van der Waals surface area contributed by atoms with Crippen LogP contribution in [0.2, 0.25) is 0 Å². The third-order valence-corrected chi connectivity index (χ3v) is 9.57. The Labute approximate surface area is 349 Å². The highest BCUT2D eigenvalue weighted by atomic mass is 16.5. The third-order valence-electron chi connectivity index (χ3n) is 9.57. The molecule has 6 nitrogen and oxygen atoms in total. The van der Waals surface area contributed by atoms with Crippen LogP contribution in [0.15, 0.2) is 109 Å². The molecule has 0 saturated carbocycles. The van der Waals surface area contributed by atoms with Crippen LogP contribution >= 0.6 is 0 Å². The van der Waals surface area contributed by atoms with Gasteiger partial charge in [0.1, 0.15) is 6.10 Å². The molecule has 0 saturated heterocycles. The summed E-state index contributed by atoms with van der Waals surface area (Å²) in [5.74, 6) is -0.607. The molecule has 3 unspecified atom stereocenters. The second-order valence-electron chi connectivity index (χ2n) is 14.9. The van der Waals surface area contributed by atoms with E-state index < -0.39 is 18.2 Å². The monoisotopic (exact) mass is 790 g/mol. The minimum Gasteiger partial charge on any atom is -0.462 e. The molecule has 0 rings (SSSR count). The Morgan fingerprint density at radius 2 is 0.965 bits per heavy atom. The number of amides is 1. The fourth-order valence-corrected chi connectivity index (χ4v) is 6.17. The number of hydrogen-bond acceptors (Lipinski definition) is 5. The first-order valence-corrected chi connectivity index (χ1v) is 22.7. The van der Waals surface area contributed by atoms with E-state index >= 15 is 0 Å². The predicted molar refractivity (Wildman–Crippen MR) is 245 cm³/mol. The summed E-state index contributed by atoms with van der Waals surface area (Å²) in [6, 6.07) is -0.738. The van der Waals surface area contributed by atoms with Crippen molar-refractivity contribution in [1.29, 1.82) is 0 Å². The second kappa shape index (κ2) is 43.6. The molecule has 0 bridgehead atoms. The van der Waals surface area contributed by atoms with Crippen LogP contribution in [0.25, 0.3) is 0 Å². The summed E-state index contributed by atoms with van der Waals surface area (Å²) in [6.07, 6.45) is 58.6. The summed E-state index contributed by atoms with van der Waals surface area (Å²) in [4.78, 5) is 26.0. The Kier molecular flexibility index (Phi) is 41.0. The smallest absolute Gasteiger partial charge is 0.306 e. The van der Waals surface area contributed by atoms with E-state index in [4.69, 9.17) is 4.74 Å². The molecule has 1 amide bonds. The zero-order valence-corrected chi connectivity index (χ0v) is 36.4. The molecule has 0 aliphatic rings. The summed E-state index contributed by atoms with van der Waals surface area (Å²) in [5, 5.41) is 23.6. The molecule has 0 spiro atoms. The lowest BCUT2D eigenvalue weighted by atomic mass is 10.0. The van der Waals surface area contributed by atoms with Crippen LogP contribution in [0.5, 0.6) is 0 Å². The minimum atomic E-state index is -0.819. The molecule has 57 heavy (non-hydrogen) atoms. The lowest BCUT2D eigenvalue weighted by molar-refractivity contribution is -0.151. The molecule has 0 radical (unpaired) electrons. The van der Waals surface area contributed by atoms with Gasteiger partial charge in [0.05, 0.1) is 25.2 Å². The first kappa shape index (κ1) is 53.5. The summed E-state index contributed by atoms with van der Waals surface area (Å²) in [7, 11) is 0. The normalized spacial score (nSPS) is 14.4. The van der Waals surface area contributed by atoms with Gasteiger partial charge < -0.3 is 20.3 Å². The van der Waals surface area contributed by atoms with E-state index in [1.54, 1.807) is 0 Å². The number of allylic oxidation sites excluding steroid dienone is 18. The van der Waals surface area contributed by atoms with Gasteiger partial charge in [0.2, 0.25) is 5.91 Å². The highest BCUT2D eigenvalue weighted by Crippen LogP contribution is 2.16. The average molecular weight is 790 g/mol. The summed E-state index contributed by atoms with van der Waals surface area (Å²) >= 11 is 0. The number of carbonyl (C=O) groups excluding carboxylic acids is 2. The minimum absolute atomic E-state index is 0.00529. The number of aliphatic hydroxyl groups is 2. The fraction of sp³-hybridized carbons (Fsp3) is 0.608. The van der Waals surface area contributed by atoms with E-state index in [1.165, 1.54) is 57.8 Å². The average Bonchev–Trinajstić information content (AvgIpc) is 3.20. The highest BCUT2D eigenvalue weighted by molar-refractivity contribution is 5.77. The number of rotatable bonds is 38. The molecule has 3 N–H and O–H groups in total. The van der Waals surface area contributed by atoms with Gasteiger partial charge in [0.15, 0.2) is 0 Å². The van der Waals surface area contributed by atoms with E-state index in [1.807, 2.05) is 85.1 Å². The zero-order chi connectivity index (χ0) is 41.7. The fourth-order valence-electron chi connectivity index (χ4n) is 6.17. The Morgan fingerprint density at radius 3 is 1.46 bits per heavy atom. The van der Waals surface area contributed by atoms with Crippen molar-refractivity contribution in [3.05, 3.63) is 109 Å². The van der Waals surface area contributed by atoms with Crippen LogP contribution in [0.1, 0.15) is 175 Å². The van der Waals surface area contributed by atoms with Crippen molar-refractivity contribution >= 4 is 11.9 Å². The first-order valence-electron chi connectivity index (χ1n) is 22.7. The first-order chi connectivity index (χ1) is 28.0. The second-order valence-corrected chi connectivity index (χ2v) is 14.9. The van der Waals surface area contributed by atoms with Crippen LogP contribution < -0.4 is 5.32 Å². The molecular formula is C51H83NO5. The quantitative estimate of drug-likeness (QED) is 0.0329. The van der Waals surface area contributed by atoms with E-state index in [2.05, 4.69) is 50.4 Å². The number of unbranched alkanes of at least 4 members (excludes halogenated alkanes) is 15. The van der Waals surface area contributed by atoms with Gasteiger partial charge in [-0.25, -0.2) is 0 Å². The molecule has 6 heteroatoms. The number of ether oxygens (including phenoxy) is 1. The molecule has 3 atom stereocenters. The number of esters is 1. The molecule has 0 aliphatic carbocycles. The van der Waals surface area contributed by atoms with Gasteiger partial charge >= 0.3 is 5.97 Å². The van der Waals surface area contributed by atoms with Crippen LogP contribution in [-0.4, -0.2) is 46.9 Å². The molecular weight excluding hydrogens is 707 g/mol. The van der Waals surface area contributed by atoms with E-state index in [0.29, 0.717) is 19.3 Å². The van der Waals surface area contributed by atoms with Gasteiger partial charge in [0, 0.05) is 6.42 Å².